The van der Waals surface area contributed by atoms with Crippen LogP contribution >= 0.6 is 15.9 Å². The third-order valence-corrected chi connectivity index (χ3v) is 6.08. The minimum Gasteiger partial charge on any atom is -0.493 e. The van der Waals surface area contributed by atoms with Crippen LogP contribution in [0.5, 0.6) is 5.75 Å². The van der Waals surface area contributed by atoms with Crippen molar-refractivity contribution in [2.75, 3.05) is 26.2 Å². The molecule has 2 amide bonds. The summed E-state index contributed by atoms with van der Waals surface area (Å²) < 4.78 is 20.5. The summed E-state index contributed by atoms with van der Waals surface area (Å²) in [5, 5.41) is 0. The van der Waals surface area contributed by atoms with Gasteiger partial charge in [-0.3, -0.25) is 9.59 Å². The fourth-order valence-corrected chi connectivity index (χ4v) is 4.19. The molecule has 1 saturated heterocycles. The Bertz CT molecular complexity index is 886. The van der Waals surface area contributed by atoms with Crippen molar-refractivity contribution >= 4 is 27.7 Å². The van der Waals surface area contributed by atoms with Gasteiger partial charge in [-0.1, -0.05) is 34.1 Å². The summed E-state index contributed by atoms with van der Waals surface area (Å²) >= 11 is 3.36. The second-order valence-electron chi connectivity index (χ2n) is 7.65. The van der Waals surface area contributed by atoms with Gasteiger partial charge in [-0.15, -0.1) is 0 Å². The molecule has 0 N–H and O–H groups in total. The van der Waals surface area contributed by atoms with Crippen molar-refractivity contribution in [3.8, 4) is 5.75 Å². The predicted octanol–water partition coefficient (Wildman–Crippen LogP) is 4.64. The lowest BCUT2D eigenvalue weighted by molar-refractivity contribution is -0.141. The molecule has 0 bridgehead atoms. The molecule has 166 valence electrons. The molecule has 0 aromatic heterocycles. The number of carbonyl (C=O) groups excluding carboxylic acids is 2. The van der Waals surface area contributed by atoms with Gasteiger partial charge >= 0.3 is 0 Å². The summed E-state index contributed by atoms with van der Waals surface area (Å²) in [5.74, 6) is 0.375. The van der Waals surface area contributed by atoms with Crippen LogP contribution in [0.25, 0.3) is 0 Å². The lowest BCUT2D eigenvalue weighted by Crippen LogP contribution is -2.44. The Morgan fingerprint density at radius 3 is 2.55 bits per heavy atom. The molecule has 0 radical (unpaired) electrons. The van der Waals surface area contributed by atoms with E-state index in [4.69, 9.17) is 4.74 Å². The highest BCUT2D eigenvalue weighted by molar-refractivity contribution is 9.10. The van der Waals surface area contributed by atoms with Crippen LogP contribution in [-0.2, 0) is 16.1 Å². The number of hydrogen-bond acceptors (Lipinski definition) is 3. The van der Waals surface area contributed by atoms with Crippen molar-refractivity contribution in [3.05, 3.63) is 64.4 Å². The van der Waals surface area contributed by atoms with Crippen LogP contribution in [-0.4, -0.2) is 47.9 Å². The Hall–Kier alpha value is -2.41. The molecule has 1 heterocycles. The number of amides is 2. The molecule has 0 unspecified atom stereocenters. The number of nitrogens with zero attached hydrogens (tertiary/aromatic N) is 2. The highest BCUT2D eigenvalue weighted by atomic mass is 79.9. The van der Waals surface area contributed by atoms with Gasteiger partial charge in [0.15, 0.2) is 0 Å². The highest BCUT2D eigenvalue weighted by Gasteiger charge is 2.30. The summed E-state index contributed by atoms with van der Waals surface area (Å²) in [7, 11) is 0. The second-order valence-corrected chi connectivity index (χ2v) is 8.57. The summed E-state index contributed by atoms with van der Waals surface area (Å²) in [5.41, 5.74) is 0.496. The van der Waals surface area contributed by atoms with E-state index in [-0.39, 0.29) is 30.1 Å². The van der Waals surface area contributed by atoms with Crippen LogP contribution in [0.2, 0.25) is 0 Å². The number of para-hydroxylation sites is 1. The number of hydrogen-bond donors (Lipinski definition) is 0. The first-order valence-corrected chi connectivity index (χ1v) is 11.5. The smallest absolute Gasteiger partial charge is 0.226 e. The van der Waals surface area contributed by atoms with Crippen LogP contribution in [0.3, 0.4) is 0 Å². The predicted molar refractivity (Wildman–Crippen MR) is 121 cm³/mol. The Balaban J connectivity index is 1.46. The fraction of sp³-hybridized carbons (Fsp3) is 0.417. The van der Waals surface area contributed by atoms with E-state index >= 15 is 0 Å². The number of ether oxygens (including phenoxy) is 1. The standard InChI is InChI=1S/C24H28BrFN2O3/c1-2-27(17-19-16-20(25)8-9-22(19)26)24(30)18-10-13-28(14-11-18)23(29)12-15-31-21-6-4-3-5-7-21/h3-9,16,18H,2,10-15,17H2,1H3. The van der Waals surface area contributed by atoms with Gasteiger partial charge in [-0.25, -0.2) is 4.39 Å². The molecule has 0 saturated carbocycles. The fourth-order valence-electron chi connectivity index (χ4n) is 3.78. The zero-order valence-corrected chi connectivity index (χ0v) is 19.3. The molecular formula is C24H28BrFN2O3. The van der Waals surface area contributed by atoms with Crippen molar-refractivity contribution < 1.29 is 18.7 Å². The van der Waals surface area contributed by atoms with Gasteiger partial charge in [-0.05, 0) is 50.1 Å². The first-order valence-electron chi connectivity index (χ1n) is 10.7. The summed E-state index contributed by atoms with van der Waals surface area (Å²) in [4.78, 5) is 29.0. The number of halogens is 2. The molecule has 0 spiro atoms. The topological polar surface area (TPSA) is 49.9 Å². The molecule has 2 aromatic carbocycles. The molecular weight excluding hydrogens is 463 g/mol. The third kappa shape index (κ3) is 6.53. The van der Waals surface area contributed by atoms with Gasteiger partial charge in [0.05, 0.1) is 13.0 Å². The van der Waals surface area contributed by atoms with E-state index in [1.807, 2.05) is 42.2 Å². The van der Waals surface area contributed by atoms with E-state index in [9.17, 15) is 14.0 Å². The summed E-state index contributed by atoms with van der Waals surface area (Å²) in [6, 6.07) is 14.2. The zero-order chi connectivity index (χ0) is 22.2. The molecule has 0 aliphatic carbocycles. The quantitative estimate of drug-likeness (QED) is 0.541. The first-order chi connectivity index (χ1) is 15.0. The van der Waals surface area contributed by atoms with E-state index < -0.39 is 0 Å². The zero-order valence-electron chi connectivity index (χ0n) is 17.7. The second kappa shape index (κ2) is 11.3. The van der Waals surface area contributed by atoms with Gasteiger partial charge < -0.3 is 14.5 Å². The van der Waals surface area contributed by atoms with Gasteiger partial charge in [0, 0.05) is 42.1 Å². The largest absolute Gasteiger partial charge is 0.493 e. The Morgan fingerprint density at radius 2 is 1.87 bits per heavy atom. The maximum absolute atomic E-state index is 14.1. The molecule has 31 heavy (non-hydrogen) atoms. The Labute approximate surface area is 191 Å². The SMILES string of the molecule is CCN(Cc1cc(Br)ccc1F)C(=O)C1CCN(C(=O)CCOc2ccccc2)CC1. The molecule has 3 rings (SSSR count). The van der Waals surface area contributed by atoms with Crippen LogP contribution in [0, 0.1) is 11.7 Å². The maximum Gasteiger partial charge on any atom is 0.226 e. The van der Waals surface area contributed by atoms with Gasteiger partial charge in [0.25, 0.3) is 0 Å². The molecule has 2 aromatic rings. The summed E-state index contributed by atoms with van der Waals surface area (Å²) in [6.45, 7) is 4.12. The Kier molecular flexibility index (Phi) is 8.46. The van der Waals surface area contributed by atoms with Crippen molar-refractivity contribution in [2.45, 2.75) is 32.7 Å². The molecule has 0 atom stereocenters. The van der Waals surface area contributed by atoms with Gasteiger partial charge in [-0.2, -0.15) is 0 Å². The molecule has 1 aliphatic rings. The third-order valence-electron chi connectivity index (χ3n) is 5.59. The molecule has 1 aliphatic heterocycles. The highest BCUT2D eigenvalue weighted by Crippen LogP contribution is 2.23. The Morgan fingerprint density at radius 1 is 1.16 bits per heavy atom. The van der Waals surface area contributed by atoms with Crippen LogP contribution in [0.4, 0.5) is 4.39 Å². The molecule has 7 heteroatoms. The van der Waals surface area contributed by atoms with Crippen LogP contribution in [0.1, 0.15) is 31.7 Å². The van der Waals surface area contributed by atoms with E-state index in [1.54, 1.807) is 17.0 Å². The van der Waals surface area contributed by atoms with E-state index in [0.29, 0.717) is 51.1 Å². The number of rotatable bonds is 8. The van der Waals surface area contributed by atoms with Crippen LogP contribution in [0.15, 0.2) is 53.0 Å². The first kappa shape index (κ1) is 23.3. The van der Waals surface area contributed by atoms with E-state index in [0.717, 1.165) is 10.2 Å². The summed E-state index contributed by atoms with van der Waals surface area (Å²) in [6.07, 6.45) is 1.57. The van der Waals surface area contributed by atoms with Crippen molar-refractivity contribution in [1.82, 2.24) is 9.80 Å². The minimum atomic E-state index is -0.312. The van der Waals surface area contributed by atoms with Crippen molar-refractivity contribution in [1.29, 1.82) is 0 Å². The number of likely N-dealkylation sites (tertiary alicyclic amines) is 1. The van der Waals surface area contributed by atoms with E-state index in [1.165, 1.54) is 6.07 Å². The average Bonchev–Trinajstić information content (AvgIpc) is 2.80. The maximum atomic E-state index is 14.1. The van der Waals surface area contributed by atoms with Gasteiger partial charge in [0.2, 0.25) is 11.8 Å². The minimum absolute atomic E-state index is 0.0291. The van der Waals surface area contributed by atoms with Gasteiger partial charge in [0.1, 0.15) is 11.6 Å². The number of piperidine rings is 1. The van der Waals surface area contributed by atoms with Crippen LogP contribution < -0.4 is 4.74 Å². The number of carbonyl (C=O) groups is 2. The van der Waals surface area contributed by atoms with Crippen molar-refractivity contribution in [3.63, 3.8) is 0 Å². The van der Waals surface area contributed by atoms with Crippen molar-refractivity contribution in [2.24, 2.45) is 5.92 Å². The van der Waals surface area contributed by atoms with E-state index in [2.05, 4.69) is 15.9 Å². The normalized spacial score (nSPS) is 14.4. The molecule has 5 nitrogen and oxygen atoms in total. The molecule has 1 fully saturated rings. The lowest BCUT2D eigenvalue weighted by Gasteiger charge is -2.34. The number of benzene rings is 2. The average molecular weight is 491 g/mol. The monoisotopic (exact) mass is 490 g/mol. The lowest BCUT2D eigenvalue weighted by atomic mass is 9.94.